The Hall–Kier alpha value is -1.50. The maximum atomic E-state index is 10.2. The van der Waals surface area contributed by atoms with Gasteiger partial charge in [0.15, 0.2) is 0 Å². The van der Waals surface area contributed by atoms with E-state index in [2.05, 4.69) is 25.4 Å². The van der Waals surface area contributed by atoms with E-state index in [4.69, 9.17) is 0 Å². The lowest BCUT2D eigenvalue weighted by atomic mass is 11.1. The molecule has 0 bridgehead atoms. The van der Waals surface area contributed by atoms with Crippen LogP contribution in [0, 0.1) is 0 Å². The summed E-state index contributed by atoms with van der Waals surface area (Å²) in [5.74, 6) is 0. The first kappa shape index (κ1) is 9.50. The number of nitrogens with one attached hydrogen (secondary N) is 2. The van der Waals surface area contributed by atoms with E-state index in [9.17, 15) is 9.59 Å². The number of amides is 2. The third-order valence-corrected chi connectivity index (χ3v) is 0.628. The SMILES string of the molecule is CNC(=O)OOOC(=O)NC. The first-order chi connectivity index (χ1) is 5.20. The molecule has 0 aromatic heterocycles. The van der Waals surface area contributed by atoms with E-state index < -0.39 is 12.2 Å². The molecule has 2 amide bonds. The van der Waals surface area contributed by atoms with Crippen LogP contribution in [-0.2, 0) is 14.8 Å². The van der Waals surface area contributed by atoms with Crippen LogP contribution in [-0.4, -0.2) is 26.3 Å². The Kier molecular flexibility index (Phi) is 4.58. The van der Waals surface area contributed by atoms with Gasteiger partial charge in [-0.2, -0.15) is 0 Å². The van der Waals surface area contributed by atoms with Crippen LogP contribution in [0.2, 0.25) is 0 Å². The minimum absolute atomic E-state index is 0.867. The average molecular weight is 164 g/mol. The molecule has 0 aromatic carbocycles. The van der Waals surface area contributed by atoms with E-state index in [0.29, 0.717) is 0 Å². The van der Waals surface area contributed by atoms with Gasteiger partial charge in [-0.3, -0.25) is 0 Å². The molecule has 0 unspecified atom stereocenters. The van der Waals surface area contributed by atoms with Crippen molar-refractivity contribution in [2.75, 3.05) is 14.1 Å². The van der Waals surface area contributed by atoms with E-state index in [0.717, 1.165) is 0 Å². The first-order valence-electron chi connectivity index (χ1n) is 2.65. The van der Waals surface area contributed by atoms with E-state index in [-0.39, 0.29) is 0 Å². The van der Waals surface area contributed by atoms with Gasteiger partial charge in [-0.15, -0.1) is 0 Å². The van der Waals surface area contributed by atoms with Crippen molar-refractivity contribution in [2.45, 2.75) is 0 Å². The highest BCUT2D eigenvalue weighted by molar-refractivity contribution is 5.66. The van der Waals surface area contributed by atoms with Crippen LogP contribution >= 0.6 is 0 Å². The zero-order chi connectivity index (χ0) is 8.69. The largest absolute Gasteiger partial charge is 0.442 e. The summed E-state index contributed by atoms with van der Waals surface area (Å²) in [5, 5.41) is 7.83. The summed E-state index contributed by atoms with van der Waals surface area (Å²) in [6.07, 6.45) is -1.73. The summed E-state index contributed by atoms with van der Waals surface area (Å²) < 4.78 is 0. The number of hydrogen-bond donors (Lipinski definition) is 2. The van der Waals surface area contributed by atoms with Crippen LogP contribution in [0.4, 0.5) is 9.59 Å². The third-order valence-electron chi connectivity index (χ3n) is 0.628. The van der Waals surface area contributed by atoms with Gasteiger partial charge in [0.25, 0.3) is 0 Å². The second kappa shape index (κ2) is 5.30. The van der Waals surface area contributed by atoms with Crippen LogP contribution < -0.4 is 10.6 Å². The molecule has 0 fully saturated rings. The van der Waals surface area contributed by atoms with Crippen molar-refractivity contribution in [3.63, 3.8) is 0 Å². The predicted octanol–water partition coefficient (Wildman–Crippen LogP) is -0.455. The minimum atomic E-state index is -0.867. The summed E-state index contributed by atoms with van der Waals surface area (Å²) in [6.45, 7) is 0. The normalized spacial score (nSPS) is 8.18. The maximum absolute atomic E-state index is 10.2. The molecule has 0 aliphatic rings. The molecule has 0 atom stereocenters. The van der Waals surface area contributed by atoms with Gasteiger partial charge in [-0.25, -0.2) is 19.4 Å². The van der Waals surface area contributed by atoms with Crippen LogP contribution in [0.1, 0.15) is 0 Å². The molecule has 0 spiro atoms. The number of rotatable bonds is 2. The zero-order valence-corrected chi connectivity index (χ0v) is 6.04. The van der Waals surface area contributed by atoms with E-state index in [1.807, 2.05) is 0 Å². The lowest BCUT2D eigenvalue weighted by Gasteiger charge is -1.99. The molecule has 64 valence electrons. The standard InChI is InChI=1S/C4H8N2O5/c1-5-3(7)9-11-10-4(8)6-2/h1-2H3,(H,5,7)(H,6,8). The molecular formula is C4H8N2O5. The van der Waals surface area contributed by atoms with Crippen LogP contribution in [0.5, 0.6) is 0 Å². The summed E-state index contributed by atoms with van der Waals surface area (Å²) in [7, 11) is 2.65. The molecule has 0 radical (unpaired) electrons. The molecule has 0 rings (SSSR count). The van der Waals surface area contributed by atoms with Gasteiger partial charge in [0.1, 0.15) is 0 Å². The summed E-state index contributed by atoms with van der Waals surface area (Å²) >= 11 is 0. The van der Waals surface area contributed by atoms with Gasteiger partial charge in [-0.05, 0) is 0 Å². The highest BCUT2D eigenvalue weighted by Gasteiger charge is 2.02. The smallest absolute Gasteiger partial charge is 0.322 e. The summed E-state index contributed by atoms with van der Waals surface area (Å²) in [4.78, 5) is 28.1. The maximum Gasteiger partial charge on any atom is 0.442 e. The quantitative estimate of drug-likeness (QED) is 0.426. The van der Waals surface area contributed by atoms with Gasteiger partial charge in [0.2, 0.25) is 0 Å². The van der Waals surface area contributed by atoms with Crippen molar-refractivity contribution in [3.8, 4) is 0 Å². The second-order valence-electron chi connectivity index (χ2n) is 1.31. The zero-order valence-electron chi connectivity index (χ0n) is 6.04. The van der Waals surface area contributed by atoms with Crippen LogP contribution in [0.3, 0.4) is 0 Å². The Balaban J connectivity index is 3.27. The number of carbonyl (C=O) groups is 2. The monoisotopic (exact) mass is 164 g/mol. The third kappa shape index (κ3) is 4.97. The van der Waals surface area contributed by atoms with E-state index in [1.54, 1.807) is 0 Å². The van der Waals surface area contributed by atoms with Gasteiger partial charge in [0.05, 0.1) is 5.04 Å². The second-order valence-corrected chi connectivity index (χ2v) is 1.31. The summed E-state index contributed by atoms with van der Waals surface area (Å²) in [5.41, 5.74) is 0. The Morgan fingerprint density at radius 1 is 1.00 bits per heavy atom. The fraction of sp³-hybridized carbons (Fsp3) is 0.500. The first-order valence-corrected chi connectivity index (χ1v) is 2.65. The van der Waals surface area contributed by atoms with Crippen LogP contribution in [0.25, 0.3) is 0 Å². The highest BCUT2D eigenvalue weighted by atomic mass is 17.5. The molecule has 7 heteroatoms. The molecule has 2 N–H and O–H groups in total. The van der Waals surface area contributed by atoms with Crippen molar-refractivity contribution in [1.29, 1.82) is 0 Å². The molecule has 0 heterocycles. The lowest BCUT2D eigenvalue weighted by molar-refractivity contribution is -0.446. The van der Waals surface area contributed by atoms with Crippen molar-refractivity contribution >= 4 is 12.2 Å². The molecule has 0 aliphatic carbocycles. The molecule has 0 saturated carbocycles. The highest BCUT2D eigenvalue weighted by Crippen LogP contribution is 1.82. The van der Waals surface area contributed by atoms with Crippen molar-refractivity contribution in [2.24, 2.45) is 0 Å². The molecule has 11 heavy (non-hydrogen) atoms. The average Bonchev–Trinajstić information content (AvgIpc) is 2.04. The number of carbonyl (C=O) groups excluding carboxylic acids is 2. The predicted molar refractivity (Wildman–Crippen MR) is 32.2 cm³/mol. The number of hydrogen-bond acceptors (Lipinski definition) is 5. The molecule has 7 nitrogen and oxygen atoms in total. The van der Waals surface area contributed by atoms with E-state index >= 15 is 0 Å². The Labute approximate surface area is 62.5 Å². The van der Waals surface area contributed by atoms with Crippen molar-refractivity contribution < 1.29 is 24.4 Å². The van der Waals surface area contributed by atoms with Gasteiger partial charge in [-0.1, -0.05) is 0 Å². The van der Waals surface area contributed by atoms with Crippen molar-refractivity contribution in [1.82, 2.24) is 10.6 Å². The van der Waals surface area contributed by atoms with Gasteiger partial charge in [0, 0.05) is 14.1 Å². The Bertz CT molecular complexity index is 131. The Morgan fingerprint density at radius 3 is 1.64 bits per heavy atom. The Morgan fingerprint density at radius 2 is 1.36 bits per heavy atom. The fourth-order valence-electron chi connectivity index (χ4n) is 0.162. The lowest BCUT2D eigenvalue weighted by Crippen LogP contribution is -2.23. The fourth-order valence-corrected chi connectivity index (χ4v) is 0.162. The van der Waals surface area contributed by atoms with Gasteiger partial charge >= 0.3 is 12.2 Å². The minimum Gasteiger partial charge on any atom is -0.322 e. The molecule has 0 aliphatic heterocycles. The molecule has 0 aromatic rings. The molecular weight excluding hydrogens is 156 g/mol. The van der Waals surface area contributed by atoms with E-state index in [1.165, 1.54) is 14.1 Å². The topological polar surface area (TPSA) is 85.9 Å². The molecule has 0 saturated heterocycles. The van der Waals surface area contributed by atoms with Crippen LogP contribution in [0.15, 0.2) is 0 Å². The van der Waals surface area contributed by atoms with Crippen molar-refractivity contribution in [3.05, 3.63) is 0 Å². The summed E-state index contributed by atoms with van der Waals surface area (Å²) in [6, 6.07) is 0. The van der Waals surface area contributed by atoms with Gasteiger partial charge < -0.3 is 10.6 Å².